The van der Waals surface area contributed by atoms with Crippen LogP contribution in [0.25, 0.3) is 0 Å². The fourth-order valence-corrected chi connectivity index (χ4v) is 4.38. The van der Waals surface area contributed by atoms with Crippen LogP contribution in [0, 0.1) is 11.8 Å². The molecule has 3 rings (SSSR count). The Labute approximate surface area is 116 Å². The highest BCUT2D eigenvalue weighted by Crippen LogP contribution is 2.39. The summed E-state index contributed by atoms with van der Waals surface area (Å²) in [4.78, 5) is 18.0. The Morgan fingerprint density at radius 3 is 2.78 bits per heavy atom. The zero-order valence-corrected chi connectivity index (χ0v) is 11.8. The van der Waals surface area contributed by atoms with E-state index in [1.807, 2.05) is 0 Å². The van der Waals surface area contributed by atoms with Crippen molar-refractivity contribution in [2.24, 2.45) is 11.8 Å². The third kappa shape index (κ3) is 2.28. The van der Waals surface area contributed by atoms with Crippen molar-refractivity contribution in [3.8, 4) is 0 Å². The number of hydrogen-bond donors (Lipinski definition) is 0. The van der Waals surface area contributed by atoms with Crippen LogP contribution in [0.5, 0.6) is 0 Å². The molecule has 5 heteroatoms. The first-order valence-electron chi connectivity index (χ1n) is 6.64. The fourth-order valence-electron chi connectivity index (χ4n) is 3.28. The summed E-state index contributed by atoms with van der Waals surface area (Å²) in [7, 11) is 0. The second kappa shape index (κ2) is 5.17. The number of rotatable bonds is 2. The van der Waals surface area contributed by atoms with Gasteiger partial charge in [-0.3, -0.25) is 4.79 Å². The molecule has 0 N–H and O–H groups in total. The minimum absolute atomic E-state index is 0.357. The van der Waals surface area contributed by atoms with Crippen LogP contribution < -0.4 is 4.90 Å². The first-order valence-corrected chi connectivity index (χ1v) is 7.84. The Balaban J connectivity index is 1.74. The minimum Gasteiger partial charge on any atom is -0.348 e. The van der Waals surface area contributed by atoms with Crippen LogP contribution in [-0.4, -0.2) is 24.4 Å². The molecular formula is C13H17ClN2OS. The molecule has 0 radical (unpaired) electrons. The van der Waals surface area contributed by atoms with E-state index in [1.165, 1.54) is 43.4 Å². The molecule has 1 aliphatic carbocycles. The molecule has 2 aliphatic rings. The van der Waals surface area contributed by atoms with Gasteiger partial charge in [0.15, 0.2) is 16.6 Å². The normalized spacial score (nSPS) is 27.9. The first kappa shape index (κ1) is 12.4. The quantitative estimate of drug-likeness (QED) is 0.778. The summed E-state index contributed by atoms with van der Waals surface area (Å²) in [6, 6.07) is 0. The SMILES string of the molecule is O=Cc1sc(N2CCC3CCCCC3C2)nc1Cl. The maximum absolute atomic E-state index is 10.8. The number of anilines is 1. The maximum Gasteiger partial charge on any atom is 0.187 e. The summed E-state index contributed by atoms with van der Waals surface area (Å²) in [5.74, 6) is 1.73. The number of carbonyl (C=O) groups excluding carboxylic acids is 1. The lowest BCUT2D eigenvalue weighted by Crippen LogP contribution is -2.41. The van der Waals surface area contributed by atoms with Gasteiger partial charge in [0.2, 0.25) is 0 Å². The van der Waals surface area contributed by atoms with E-state index in [4.69, 9.17) is 11.6 Å². The van der Waals surface area contributed by atoms with E-state index in [-0.39, 0.29) is 0 Å². The number of thiazole rings is 1. The summed E-state index contributed by atoms with van der Waals surface area (Å²) in [6.07, 6.45) is 7.58. The van der Waals surface area contributed by atoms with Crippen LogP contribution in [0.3, 0.4) is 0 Å². The fraction of sp³-hybridized carbons (Fsp3) is 0.692. The van der Waals surface area contributed by atoms with Crippen molar-refractivity contribution in [1.29, 1.82) is 0 Å². The third-order valence-electron chi connectivity index (χ3n) is 4.27. The van der Waals surface area contributed by atoms with E-state index in [0.717, 1.165) is 36.3 Å². The lowest BCUT2D eigenvalue weighted by atomic mass is 9.75. The molecule has 0 amide bonds. The van der Waals surface area contributed by atoms with Crippen molar-refractivity contribution in [3.05, 3.63) is 10.0 Å². The van der Waals surface area contributed by atoms with E-state index in [1.54, 1.807) is 0 Å². The lowest BCUT2D eigenvalue weighted by molar-refractivity contribution is 0.112. The van der Waals surface area contributed by atoms with Gasteiger partial charge in [-0.2, -0.15) is 0 Å². The predicted molar refractivity (Wildman–Crippen MR) is 74.8 cm³/mol. The monoisotopic (exact) mass is 284 g/mol. The van der Waals surface area contributed by atoms with Gasteiger partial charge >= 0.3 is 0 Å². The van der Waals surface area contributed by atoms with Crippen molar-refractivity contribution in [3.63, 3.8) is 0 Å². The maximum atomic E-state index is 10.8. The molecule has 1 aromatic heterocycles. The van der Waals surface area contributed by atoms with Crippen LogP contribution in [-0.2, 0) is 0 Å². The Bertz CT molecular complexity index is 448. The highest BCUT2D eigenvalue weighted by molar-refractivity contribution is 7.17. The number of nitrogens with zero attached hydrogens (tertiary/aromatic N) is 2. The Kier molecular flexibility index (Phi) is 3.57. The molecule has 3 nitrogen and oxygen atoms in total. The number of halogens is 1. The van der Waals surface area contributed by atoms with Crippen LogP contribution in [0.1, 0.15) is 41.8 Å². The molecule has 0 aromatic carbocycles. The molecule has 2 heterocycles. The molecule has 1 saturated heterocycles. The van der Waals surface area contributed by atoms with Crippen LogP contribution in [0.15, 0.2) is 0 Å². The Morgan fingerprint density at radius 1 is 1.28 bits per heavy atom. The molecule has 2 fully saturated rings. The van der Waals surface area contributed by atoms with E-state index in [9.17, 15) is 4.79 Å². The predicted octanol–water partition coefficient (Wildman–Crippen LogP) is 3.63. The van der Waals surface area contributed by atoms with Crippen LogP contribution in [0.4, 0.5) is 5.13 Å². The van der Waals surface area contributed by atoms with Gasteiger partial charge in [-0.25, -0.2) is 4.98 Å². The zero-order chi connectivity index (χ0) is 12.5. The molecular weight excluding hydrogens is 268 g/mol. The smallest absolute Gasteiger partial charge is 0.187 e. The lowest BCUT2D eigenvalue weighted by Gasteiger charge is -2.41. The number of aldehydes is 1. The van der Waals surface area contributed by atoms with Gasteiger partial charge < -0.3 is 4.90 Å². The highest BCUT2D eigenvalue weighted by atomic mass is 35.5. The molecule has 2 unspecified atom stereocenters. The van der Waals surface area contributed by atoms with Crippen LogP contribution in [0.2, 0.25) is 5.15 Å². The second-order valence-electron chi connectivity index (χ2n) is 5.31. The third-order valence-corrected chi connectivity index (χ3v) is 5.71. The van der Waals surface area contributed by atoms with Gasteiger partial charge in [-0.1, -0.05) is 42.2 Å². The molecule has 0 spiro atoms. The average molecular weight is 285 g/mol. The average Bonchev–Trinajstić information content (AvgIpc) is 2.79. The molecule has 0 bridgehead atoms. The number of piperidine rings is 1. The van der Waals surface area contributed by atoms with E-state index < -0.39 is 0 Å². The van der Waals surface area contributed by atoms with Gasteiger partial charge in [0.05, 0.1) is 0 Å². The molecule has 98 valence electrons. The molecule has 1 saturated carbocycles. The van der Waals surface area contributed by atoms with Crippen molar-refractivity contribution < 1.29 is 4.79 Å². The van der Waals surface area contributed by atoms with Gasteiger partial charge in [0.1, 0.15) is 4.88 Å². The number of aromatic nitrogens is 1. The summed E-state index contributed by atoms with van der Waals surface area (Å²) >= 11 is 7.36. The number of fused-ring (bicyclic) bond motifs is 1. The standard InChI is InChI=1S/C13H17ClN2OS/c14-12-11(8-17)18-13(15-12)16-6-5-9-3-1-2-4-10(9)7-16/h8-10H,1-7H2. The summed E-state index contributed by atoms with van der Waals surface area (Å²) in [6.45, 7) is 2.15. The van der Waals surface area contributed by atoms with E-state index >= 15 is 0 Å². The Hall–Kier alpha value is -0.610. The molecule has 1 aromatic rings. The topological polar surface area (TPSA) is 33.2 Å². The number of hydrogen-bond acceptors (Lipinski definition) is 4. The van der Waals surface area contributed by atoms with Crippen molar-refractivity contribution >= 4 is 34.4 Å². The highest BCUT2D eigenvalue weighted by Gasteiger charge is 2.32. The van der Waals surface area contributed by atoms with E-state index in [2.05, 4.69) is 9.88 Å². The minimum atomic E-state index is 0.357. The van der Waals surface area contributed by atoms with Gasteiger partial charge in [0, 0.05) is 13.1 Å². The van der Waals surface area contributed by atoms with Gasteiger partial charge in [0.25, 0.3) is 0 Å². The number of carbonyl (C=O) groups is 1. The Morgan fingerprint density at radius 2 is 2.06 bits per heavy atom. The van der Waals surface area contributed by atoms with Gasteiger partial charge in [-0.15, -0.1) is 0 Å². The molecule has 18 heavy (non-hydrogen) atoms. The van der Waals surface area contributed by atoms with Crippen LogP contribution >= 0.6 is 22.9 Å². The van der Waals surface area contributed by atoms with Gasteiger partial charge in [-0.05, 0) is 24.7 Å². The second-order valence-corrected chi connectivity index (χ2v) is 6.68. The first-order chi connectivity index (χ1) is 8.78. The summed E-state index contributed by atoms with van der Waals surface area (Å²) in [5, 5.41) is 1.28. The van der Waals surface area contributed by atoms with E-state index in [0.29, 0.717) is 10.0 Å². The largest absolute Gasteiger partial charge is 0.348 e. The van der Waals surface area contributed by atoms with Crippen molar-refractivity contribution in [2.45, 2.75) is 32.1 Å². The van der Waals surface area contributed by atoms with Crippen molar-refractivity contribution in [1.82, 2.24) is 4.98 Å². The summed E-state index contributed by atoms with van der Waals surface area (Å²) in [5.41, 5.74) is 0. The summed E-state index contributed by atoms with van der Waals surface area (Å²) < 4.78 is 0. The zero-order valence-electron chi connectivity index (χ0n) is 10.3. The molecule has 1 aliphatic heterocycles. The van der Waals surface area contributed by atoms with Crippen molar-refractivity contribution in [2.75, 3.05) is 18.0 Å². The molecule has 2 atom stereocenters.